The van der Waals surface area contributed by atoms with Crippen molar-refractivity contribution in [1.29, 1.82) is 0 Å². The van der Waals surface area contributed by atoms with Crippen LogP contribution in [0.3, 0.4) is 0 Å². The van der Waals surface area contributed by atoms with E-state index in [0.717, 1.165) is 23.1 Å². The smallest absolute Gasteiger partial charge is 0.348 e. The number of thioether (sulfide) groups is 1. The summed E-state index contributed by atoms with van der Waals surface area (Å²) < 4.78 is 17.3. The van der Waals surface area contributed by atoms with Gasteiger partial charge in [-0.1, -0.05) is 35.0 Å². The fraction of sp³-hybridized carbons (Fsp3) is 0.385. The van der Waals surface area contributed by atoms with Crippen molar-refractivity contribution in [3.63, 3.8) is 0 Å². The van der Waals surface area contributed by atoms with Crippen molar-refractivity contribution in [2.24, 2.45) is 7.05 Å². The maximum atomic E-state index is 13.1. The van der Waals surface area contributed by atoms with Crippen molar-refractivity contribution in [1.82, 2.24) is 20.1 Å². The van der Waals surface area contributed by atoms with Crippen molar-refractivity contribution in [2.45, 2.75) is 44.6 Å². The zero-order valence-electron chi connectivity index (χ0n) is 23.4. The van der Waals surface area contributed by atoms with E-state index in [-0.39, 0.29) is 46.8 Å². The Kier molecular flexibility index (Phi) is 12.0. The molecule has 2 heterocycles. The first-order chi connectivity index (χ1) is 20.0. The zero-order chi connectivity index (χ0) is 31.0. The molecule has 0 bridgehead atoms. The lowest BCUT2D eigenvalue weighted by atomic mass is 10.1. The van der Waals surface area contributed by atoms with Crippen molar-refractivity contribution in [3.05, 3.63) is 50.1 Å². The van der Waals surface area contributed by atoms with Crippen LogP contribution in [-0.2, 0) is 32.7 Å². The molecule has 12 nitrogen and oxygen atoms in total. The zero-order valence-corrected chi connectivity index (χ0v) is 26.6. The fourth-order valence-corrected chi connectivity index (χ4v) is 5.82. The number of halogens is 2. The lowest BCUT2D eigenvalue weighted by molar-refractivity contribution is -0.123. The molecule has 2 N–H and O–H groups in total. The monoisotopic (exact) mass is 657 g/mol. The Balaban J connectivity index is 1.62. The van der Waals surface area contributed by atoms with Crippen LogP contribution >= 0.6 is 46.3 Å². The SMILES string of the molecule is CCOC(=O)c1sc(NC(=O)[C@H](C)Sc2nnc(CNC(=O)COc3ccc(Cl)cc3Cl)n2C)c(C(=O)OCC)c1C. The molecule has 2 aromatic heterocycles. The second-order valence-corrected chi connectivity index (χ2v) is 11.7. The third-order valence-electron chi connectivity index (χ3n) is 5.60. The number of thiophene rings is 1. The number of esters is 2. The number of anilines is 1. The second kappa shape index (κ2) is 15.2. The lowest BCUT2D eigenvalue weighted by Crippen LogP contribution is -2.29. The minimum Gasteiger partial charge on any atom is -0.482 e. The van der Waals surface area contributed by atoms with Crippen molar-refractivity contribution < 1.29 is 33.4 Å². The molecule has 42 heavy (non-hydrogen) atoms. The number of ether oxygens (including phenoxy) is 3. The highest BCUT2D eigenvalue weighted by molar-refractivity contribution is 8.00. The van der Waals surface area contributed by atoms with E-state index in [1.165, 1.54) is 6.07 Å². The molecular weight excluding hydrogens is 629 g/mol. The minimum absolute atomic E-state index is 0.0647. The van der Waals surface area contributed by atoms with Gasteiger partial charge in [0.05, 0.1) is 35.6 Å². The Bertz CT molecular complexity index is 1480. The summed E-state index contributed by atoms with van der Waals surface area (Å²) in [6.07, 6.45) is 0. The molecule has 3 aromatic rings. The molecule has 0 unspecified atom stereocenters. The molecule has 3 rings (SSSR count). The molecule has 2 amide bonds. The molecule has 226 valence electrons. The van der Waals surface area contributed by atoms with Gasteiger partial charge in [0.2, 0.25) is 5.91 Å². The van der Waals surface area contributed by atoms with Crippen molar-refractivity contribution in [2.75, 3.05) is 25.1 Å². The van der Waals surface area contributed by atoms with Crippen LogP contribution in [0.1, 0.15) is 52.2 Å². The molecule has 0 saturated heterocycles. The summed E-state index contributed by atoms with van der Waals surface area (Å²) in [5, 5.41) is 14.3. The largest absolute Gasteiger partial charge is 0.482 e. The Morgan fingerprint density at radius 1 is 1.10 bits per heavy atom. The van der Waals surface area contributed by atoms with E-state index in [0.29, 0.717) is 27.3 Å². The summed E-state index contributed by atoms with van der Waals surface area (Å²) in [5.41, 5.74) is 0.476. The van der Waals surface area contributed by atoms with E-state index >= 15 is 0 Å². The van der Waals surface area contributed by atoms with Gasteiger partial charge < -0.3 is 29.4 Å². The predicted molar refractivity (Wildman–Crippen MR) is 160 cm³/mol. The maximum Gasteiger partial charge on any atom is 0.348 e. The van der Waals surface area contributed by atoms with Crippen LogP contribution in [0.25, 0.3) is 0 Å². The molecule has 16 heteroatoms. The third-order valence-corrected chi connectivity index (χ3v) is 8.45. The molecule has 0 aliphatic rings. The molecule has 0 saturated carbocycles. The molecule has 0 spiro atoms. The first kappa shape index (κ1) is 33.2. The van der Waals surface area contributed by atoms with E-state index in [2.05, 4.69) is 20.8 Å². The van der Waals surface area contributed by atoms with E-state index in [4.69, 9.17) is 37.4 Å². The number of carbonyl (C=O) groups excluding carboxylic acids is 4. The van der Waals surface area contributed by atoms with Crippen LogP contribution < -0.4 is 15.4 Å². The van der Waals surface area contributed by atoms with Crippen LogP contribution in [0.4, 0.5) is 5.00 Å². The Hall–Kier alpha value is -3.33. The van der Waals surface area contributed by atoms with Gasteiger partial charge in [-0.3, -0.25) is 9.59 Å². The number of nitrogens with one attached hydrogen (secondary N) is 2. The highest BCUT2D eigenvalue weighted by atomic mass is 35.5. The van der Waals surface area contributed by atoms with Gasteiger partial charge in [-0.05, 0) is 51.5 Å². The maximum absolute atomic E-state index is 13.1. The van der Waals surface area contributed by atoms with Gasteiger partial charge in [0, 0.05) is 12.1 Å². The normalized spacial score (nSPS) is 11.5. The molecule has 0 aliphatic heterocycles. The summed E-state index contributed by atoms with van der Waals surface area (Å²) in [6, 6.07) is 4.68. The summed E-state index contributed by atoms with van der Waals surface area (Å²) in [7, 11) is 1.70. The second-order valence-electron chi connectivity index (χ2n) is 8.55. The summed E-state index contributed by atoms with van der Waals surface area (Å²) in [5.74, 6) is -1.31. The lowest BCUT2D eigenvalue weighted by Gasteiger charge is -2.12. The Morgan fingerprint density at radius 2 is 1.79 bits per heavy atom. The summed E-state index contributed by atoms with van der Waals surface area (Å²) in [4.78, 5) is 50.6. The first-order valence-electron chi connectivity index (χ1n) is 12.6. The number of carbonyl (C=O) groups is 4. The van der Waals surface area contributed by atoms with Gasteiger partial charge in [-0.15, -0.1) is 21.5 Å². The van der Waals surface area contributed by atoms with Gasteiger partial charge in [0.1, 0.15) is 15.6 Å². The average molecular weight is 659 g/mol. The molecule has 1 atom stereocenters. The van der Waals surface area contributed by atoms with Gasteiger partial charge in [0.25, 0.3) is 5.91 Å². The van der Waals surface area contributed by atoms with Crippen molar-refractivity contribution >= 4 is 75.1 Å². The molecule has 1 aromatic carbocycles. The van der Waals surface area contributed by atoms with Crippen LogP contribution in [0.5, 0.6) is 5.75 Å². The van der Waals surface area contributed by atoms with Gasteiger partial charge in [-0.25, -0.2) is 9.59 Å². The van der Waals surface area contributed by atoms with Crippen LogP contribution in [0, 0.1) is 6.92 Å². The fourth-order valence-electron chi connectivity index (χ4n) is 3.43. The van der Waals surface area contributed by atoms with Crippen LogP contribution in [-0.4, -0.2) is 63.6 Å². The Labute approximate surface area is 260 Å². The van der Waals surface area contributed by atoms with E-state index in [1.54, 1.807) is 51.4 Å². The molecule has 0 fully saturated rings. The van der Waals surface area contributed by atoms with Gasteiger partial charge >= 0.3 is 11.9 Å². The standard InChI is InChI=1S/C26H29Cl2N5O7S2/c1-6-38-24(36)20-13(3)21(25(37)39-7-2)42-23(20)30-22(35)14(4)41-26-32-31-18(33(26)5)11-29-19(34)12-40-17-9-8-15(27)10-16(17)28/h8-10,14H,6-7,11-12H2,1-5H3,(H,29,34)(H,30,35)/t14-/m0/s1. The highest BCUT2D eigenvalue weighted by Crippen LogP contribution is 2.35. The predicted octanol–water partition coefficient (Wildman–Crippen LogP) is 4.66. The molecular formula is C26H29Cl2N5O7S2. The van der Waals surface area contributed by atoms with E-state index in [1.807, 2.05) is 0 Å². The average Bonchev–Trinajstić information content (AvgIpc) is 3.45. The number of aromatic nitrogens is 3. The third kappa shape index (κ3) is 8.37. The quantitative estimate of drug-likeness (QED) is 0.196. The highest BCUT2D eigenvalue weighted by Gasteiger charge is 2.29. The summed E-state index contributed by atoms with van der Waals surface area (Å²) >= 11 is 14.0. The van der Waals surface area contributed by atoms with Crippen molar-refractivity contribution in [3.8, 4) is 5.75 Å². The van der Waals surface area contributed by atoms with E-state index in [9.17, 15) is 19.2 Å². The molecule has 0 radical (unpaired) electrons. The van der Waals surface area contributed by atoms with Gasteiger partial charge in [-0.2, -0.15) is 0 Å². The number of hydrogen-bond donors (Lipinski definition) is 2. The first-order valence-corrected chi connectivity index (χ1v) is 15.1. The Morgan fingerprint density at radius 3 is 2.45 bits per heavy atom. The molecule has 0 aliphatic carbocycles. The number of nitrogens with zero attached hydrogens (tertiary/aromatic N) is 3. The summed E-state index contributed by atoms with van der Waals surface area (Å²) in [6.45, 7) is 6.68. The number of rotatable bonds is 13. The number of benzene rings is 1. The minimum atomic E-state index is -0.670. The van der Waals surface area contributed by atoms with Gasteiger partial charge in [0.15, 0.2) is 17.6 Å². The van der Waals surface area contributed by atoms with E-state index < -0.39 is 29.0 Å². The number of hydrogen-bond acceptors (Lipinski definition) is 11. The topological polar surface area (TPSA) is 151 Å². The van der Waals surface area contributed by atoms with Crippen LogP contribution in [0.2, 0.25) is 10.0 Å². The van der Waals surface area contributed by atoms with Crippen LogP contribution in [0.15, 0.2) is 23.4 Å². The number of amides is 2.